The van der Waals surface area contributed by atoms with Gasteiger partial charge in [-0.3, -0.25) is 0 Å². The van der Waals surface area contributed by atoms with Crippen molar-refractivity contribution in [1.29, 1.82) is 0 Å². The Kier molecular flexibility index (Phi) is 3.66. The van der Waals surface area contributed by atoms with E-state index in [0.29, 0.717) is 0 Å². The molecule has 2 aromatic rings. The summed E-state index contributed by atoms with van der Waals surface area (Å²) in [7, 11) is 0. The molecule has 0 amide bonds. The number of aromatic nitrogens is 2. The molecule has 2 rings (SSSR count). The fourth-order valence-corrected chi connectivity index (χ4v) is 2.32. The number of anilines is 1. The first-order valence-electron chi connectivity index (χ1n) is 5.31. The van der Waals surface area contributed by atoms with Crippen molar-refractivity contribution in [3.05, 3.63) is 41.7 Å². The van der Waals surface area contributed by atoms with E-state index >= 15 is 0 Å². The third-order valence-corrected chi connectivity index (χ3v) is 3.38. The lowest BCUT2D eigenvalue weighted by atomic mass is 10.2. The van der Waals surface area contributed by atoms with Gasteiger partial charge in [0.25, 0.3) is 0 Å². The third-order valence-electron chi connectivity index (χ3n) is 2.28. The Hall–Kier alpha value is -1.76. The molecule has 19 heavy (non-hydrogen) atoms. The molecule has 7 heteroatoms. The summed E-state index contributed by atoms with van der Waals surface area (Å²) in [5.41, 5.74) is 6.34. The van der Waals surface area contributed by atoms with Crippen LogP contribution in [-0.2, 0) is 6.18 Å². The molecule has 1 aromatic carbocycles. The minimum absolute atomic E-state index is 0.175. The highest BCUT2D eigenvalue weighted by Gasteiger charge is 2.35. The first kappa shape index (κ1) is 13.7. The van der Waals surface area contributed by atoms with E-state index in [1.54, 1.807) is 0 Å². The van der Waals surface area contributed by atoms with Gasteiger partial charge in [-0.2, -0.15) is 13.2 Å². The molecule has 0 saturated carbocycles. The number of alkyl halides is 3. The van der Waals surface area contributed by atoms with Crippen molar-refractivity contribution < 1.29 is 13.2 Å². The molecule has 0 saturated heterocycles. The summed E-state index contributed by atoms with van der Waals surface area (Å²) in [6, 6.07) is 8.68. The Morgan fingerprint density at radius 1 is 1.16 bits per heavy atom. The predicted molar refractivity (Wildman–Crippen MR) is 66.7 cm³/mol. The molecule has 0 aliphatic carbocycles. The predicted octanol–water partition coefficient (Wildman–Crippen LogP) is 3.54. The Morgan fingerprint density at radius 3 is 2.47 bits per heavy atom. The summed E-state index contributed by atoms with van der Waals surface area (Å²) in [6.07, 6.45) is -4.60. The van der Waals surface area contributed by atoms with Gasteiger partial charge in [-0.05, 0) is 18.6 Å². The van der Waals surface area contributed by atoms with E-state index in [1.807, 2.05) is 31.2 Å². The highest BCUT2D eigenvalue weighted by atomic mass is 32.2. The van der Waals surface area contributed by atoms with Crippen LogP contribution in [0.4, 0.5) is 19.0 Å². The van der Waals surface area contributed by atoms with Crippen LogP contribution < -0.4 is 5.73 Å². The quantitative estimate of drug-likeness (QED) is 0.857. The molecule has 0 radical (unpaired) electrons. The fraction of sp³-hybridized carbons (Fsp3) is 0.167. The summed E-state index contributed by atoms with van der Waals surface area (Å²) >= 11 is 1.13. The molecular weight excluding hydrogens is 275 g/mol. The zero-order valence-corrected chi connectivity index (χ0v) is 10.7. The standard InChI is InChI=1S/C12H10F3N3S/c1-7-4-2-3-5-8(7)19-10-6-9(16)17-11(18-10)12(13,14)15/h2-6H,1H3,(H2,16,17,18). The second-order valence-corrected chi connectivity index (χ2v) is 4.88. The van der Waals surface area contributed by atoms with Gasteiger partial charge in [0, 0.05) is 11.0 Å². The summed E-state index contributed by atoms with van der Waals surface area (Å²) in [5.74, 6) is -1.41. The largest absolute Gasteiger partial charge is 0.451 e. The highest BCUT2D eigenvalue weighted by Crippen LogP contribution is 2.32. The first-order valence-corrected chi connectivity index (χ1v) is 6.13. The van der Waals surface area contributed by atoms with Crippen molar-refractivity contribution in [2.45, 2.75) is 23.0 Å². The lowest BCUT2D eigenvalue weighted by Gasteiger charge is -2.09. The average Bonchev–Trinajstić information content (AvgIpc) is 2.30. The normalized spacial score (nSPS) is 11.6. The number of hydrogen-bond donors (Lipinski definition) is 1. The Bertz CT molecular complexity index is 599. The van der Waals surface area contributed by atoms with Gasteiger partial charge in [0.1, 0.15) is 10.8 Å². The molecule has 0 bridgehead atoms. The molecule has 1 heterocycles. The van der Waals surface area contributed by atoms with Crippen molar-refractivity contribution in [1.82, 2.24) is 9.97 Å². The summed E-state index contributed by atoms with van der Waals surface area (Å²) in [5, 5.41) is 0.175. The molecule has 3 nitrogen and oxygen atoms in total. The topological polar surface area (TPSA) is 51.8 Å². The maximum absolute atomic E-state index is 12.6. The molecule has 0 aliphatic heterocycles. The maximum atomic E-state index is 12.6. The SMILES string of the molecule is Cc1ccccc1Sc1cc(N)nc(C(F)(F)F)n1. The number of nitrogen functional groups attached to an aromatic ring is 1. The van der Waals surface area contributed by atoms with Crippen LogP contribution in [0.3, 0.4) is 0 Å². The van der Waals surface area contributed by atoms with E-state index in [0.717, 1.165) is 22.2 Å². The van der Waals surface area contributed by atoms with Crippen LogP contribution in [0.1, 0.15) is 11.4 Å². The Labute approximate surface area is 112 Å². The summed E-state index contributed by atoms with van der Waals surface area (Å²) < 4.78 is 37.7. The van der Waals surface area contributed by atoms with Gasteiger partial charge in [-0.15, -0.1) is 0 Å². The monoisotopic (exact) mass is 285 g/mol. The lowest BCUT2D eigenvalue weighted by Crippen LogP contribution is -2.12. The van der Waals surface area contributed by atoms with Gasteiger partial charge in [0.05, 0.1) is 0 Å². The third kappa shape index (κ3) is 3.37. The zero-order chi connectivity index (χ0) is 14.0. The van der Waals surface area contributed by atoms with E-state index in [4.69, 9.17) is 5.73 Å². The molecule has 0 unspecified atom stereocenters. The number of benzene rings is 1. The minimum Gasteiger partial charge on any atom is -0.384 e. The van der Waals surface area contributed by atoms with Crippen molar-refractivity contribution in [3.63, 3.8) is 0 Å². The number of aryl methyl sites for hydroxylation is 1. The molecule has 100 valence electrons. The molecule has 2 N–H and O–H groups in total. The van der Waals surface area contributed by atoms with Gasteiger partial charge < -0.3 is 5.73 Å². The van der Waals surface area contributed by atoms with Gasteiger partial charge in [0.2, 0.25) is 5.82 Å². The molecule has 0 atom stereocenters. The smallest absolute Gasteiger partial charge is 0.384 e. The van der Waals surface area contributed by atoms with E-state index in [1.165, 1.54) is 6.07 Å². The molecule has 1 aromatic heterocycles. The highest BCUT2D eigenvalue weighted by molar-refractivity contribution is 7.99. The Balaban J connectivity index is 2.36. The number of rotatable bonds is 2. The van der Waals surface area contributed by atoms with Gasteiger partial charge in [-0.25, -0.2) is 9.97 Å². The number of nitrogens with zero attached hydrogens (tertiary/aromatic N) is 2. The molecule has 0 aliphatic rings. The average molecular weight is 285 g/mol. The molecule has 0 spiro atoms. The second kappa shape index (κ2) is 5.08. The van der Waals surface area contributed by atoms with Gasteiger partial charge in [-0.1, -0.05) is 30.0 Å². The second-order valence-electron chi connectivity index (χ2n) is 3.82. The maximum Gasteiger partial charge on any atom is 0.451 e. The van der Waals surface area contributed by atoms with E-state index in [2.05, 4.69) is 9.97 Å². The number of hydrogen-bond acceptors (Lipinski definition) is 4. The van der Waals surface area contributed by atoms with Gasteiger partial charge in [0.15, 0.2) is 0 Å². The van der Waals surface area contributed by atoms with Crippen LogP contribution in [0.5, 0.6) is 0 Å². The van der Waals surface area contributed by atoms with Crippen LogP contribution in [0.25, 0.3) is 0 Å². The zero-order valence-electron chi connectivity index (χ0n) is 9.90. The summed E-state index contributed by atoms with van der Waals surface area (Å²) in [6.45, 7) is 1.87. The van der Waals surface area contributed by atoms with E-state index < -0.39 is 12.0 Å². The molecule has 0 fully saturated rings. The number of nitrogens with two attached hydrogens (primary N) is 1. The van der Waals surface area contributed by atoms with Crippen LogP contribution >= 0.6 is 11.8 Å². The van der Waals surface area contributed by atoms with Crippen molar-refractivity contribution in [2.24, 2.45) is 0 Å². The van der Waals surface area contributed by atoms with Crippen molar-refractivity contribution >= 4 is 17.6 Å². The van der Waals surface area contributed by atoms with Crippen molar-refractivity contribution in [2.75, 3.05) is 5.73 Å². The van der Waals surface area contributed by atoms with Gasteiger partial charge >= 0.3 is 6.18 Å². The Morgan fingerprint density at radius 2 is 1.84 bits per heavy atom. The van der Waals surface area contributed by atoms with Crippen LogP contribution in [-0.4, -0.2) is 9.97 Å². The first-order chi connectivity index (χ1) is 8.86. The van der Waals surface area contributed by atoms with E-state index in [-0.39, 0.29) is 10.8 Å². The fourth-order valence-electron chi connectivity index (χ4n) is 1.41. The van der Waals surface area contributed by atoms with Crippen LogP contribution in [0.2, 0.25) is 0 Å². The number of halogens is 3. The molecular formula is C12H10F3N3S. The van der Waals surface area contributed by atoms with E-state index in [9.17, 15) is 13.2 Å². The minimum atomic E-state index is -4.60. The van der Waals surface area contributed by atoms with Crippen LogP contribution in [0.15, 0.2) is 40.3 Å². The van der Waals surface area contributed by atoms with Crippen molar-refractivity contribution in [3.8, 4) is 0 Å². The lowest BCUT2D eigenvalue weighted by molar-refractivity contribution is -0.145. The van der Waals surface area contributed by atoms with Crippen LogP contribution in [0, 0.1) is 6.92 Å². The summed E-state index contributed by atoms with van der Waals surface area (Å²) in [4.78, 5) is 7.51.